The molecule has 0 unspecified atom stereocenters. The molecule has 0 rings (SSSR count). The van der Waals surface area contributed by atoms with E-state index in [2.05, 4.69) is 9.47 Å². The zero-order valence-corrected chi connectivity index (χ0v) is 5.60. The zero-order valence-electron chi connectivity index (χ0n) is 4.85. The van der Waals surface area contributed by atoms with Gasteiger partial charge in [0.2, 0.25) is 0 Å². The van der Waals surface area contributed by atoms with E-state index >= 15 is 0 Å². The highest BCUT2D eigenvalue weighted by atomic mass is 35.5. The lowest BCUT2D eigenvalue weighted by Crippen LogP contribution is -2.35. The van der Waals surface area contributed by atoms with Crippen LogP contribution in [-0.4, -0.2) is 31.2 Å². The third kappa shape index (κ3) is 1.96. The van der Waals surface area contributed by atoms with Crippen molar-refractivity contribution >= 4 is 11.6 Å². The third-order valence-corrected chi connectivity index (χ3v) is 1.14. The SMILES string of the molecule is COC(O)(CCl)OC. The maximum Gasteiger partial charge on any atom is 0.294 e. The second-order valence-corrected chi connectivity index (χ2v) is 1.52. The van der Waals surface area contributed by atoms with E-state index in [4.69, 9.17) is 16.7 Å². The summed E-state index contributed by atoms with van der Waals surface area (Å²) < 4.78 is 8.88. The van der Waals surface area contributed by atoms with Crippen molar-refractivity contribution in [3.63, 3.8) is 0 Å². The summed E-state index contributed by atoms with van der Waals surface area (Å²) in [5.41, 5.74) is 0. The van der Waals surface area contributed by atoms with E-state index in [1.54, 1.807) is 0 Å². The van der Waals surface area contributed by atoms with Gasteiger partial charge in [0.25, 0.3) is 5.97 Å². The second-order valence-electron chi connectivity index (χ2n) is 1.25. The summed E-state index contributed by atoms with van der Waals surface area (Å²) in [4.78, 5) is 0. The molecule has 0 fully saturated rings. The van der Waals surface area contributed by atoms with E-state index in [1.807, 2.05) is 0 Å². The molecule has 0 radical (unpaired) electrons. The number of alkyl halides is 1. The summed E-state index contributed by atoms with van der Waals surface area (Å²) in [5, 5.41) is 8.86. The summed E-state index contributed by atoms with van der Waals surface area (Å²) >= 11 is 5.21. The first kappa shape index (κ1) is 8.17. The van der Waals surface area contributed by atoms with Crippen molar-refractivity contribution in [3.8, 4) is 0 Å². The van der Waals surface area contributed by atoms with Crippen molar-refractivity contribution < 1.29 is 14.6 Å². The summed E-state index contributed by atoms with van der Waals surface area (Å²) in [6.45, 7) is 0. The molecule has 50 valence electrons. The Morgan fingerprint density at radius 1 is 1.50 bits per heavy atom. The van der Waals surface area contributed by atoms with Gasteiger partial charge in [-0.25, -0.2) is 0 Å². The van der Waals surface area contributed by atoms with E-state index in [0.29, 0.717) is 0 Å². The van der Waals surface area contributed by atoms with Crippen LogP contribution in [-0.2, 0) is 9.47 Å². The molecule has 0 spiro atoms. The zero-order chi connectivity index (χ0) is 6.62. The van der Waals surface area contributed by atoms with Crippen LogP contribution in [0.2, 0.25) is 0 Å². The lowest BCUT2D eigenvalue weighted by atomic mass is 10.6. The molecule has 0 bridgehead atoms. The largest absolute Gasteiger partial charge is 0.342 e. The fourth-order valence-corrected chi connectivity index (χ4v) is 0.411. The highest BCUT2D eigenvalue weighted by Gasteiger charge is 2.23. The minimum Gasteiger partial charge on any atom is -0.342 e. The lowest BCUT2D eigenvalue weighted by Gasteiger charge is -2.20. The maximum atomic E-state index is 8.86. The Morgan fingerprint density at radius 3 is 1.88 bits per heavy atom. The normalized spacial score (nSPS) is 12.0. The van der Waals surface area contributed by atoms with Gasteiger partial charge < -0.3 is 14.6 Å². The molecule has 0 aromatic heterocycles. The van der Waals surface area contributed by atoms with Crippen molar-refractivity contribution in [1.82, 2.24) is 0 Å². The molecule has 0 aromatic rings. The van der Waals surface area contributed by atoms with Crippen LogP contribution in [0.15, 0.2) is 0 Å². The molecule has 0 aromatic carbocycles. The molecule has 3 nitrogen and oxygen atoms in total. The number of aliphatic hydroxyl groups is 1. The molecule has 4 heteroatoms. The molecule has 1 N–H and O–H groups in total. The van der Waals surface area contributed by atoms with E-state index in [-0.39, 0.29) is 5.88 Å². The Labute approximate surface area is 53.2 Å². The molecule has 0 atom stereocenters. The van der Waals surface area contributed by atoms with Gasteiger partial charge in [-0.15, -0.1) is 11.6 Å². The van der Waals surface area contributed by atoms with Gasteiger partial charge in [-0.3, -0.25) is 0 Å². The first-order valence-corrected chi connectivity index (χ1v) is 2.60. The number of rotatable bonds is 3. The third-order valence-electron chi connectivity index (χ3n) is 0.807. The van der Waals surface area contributed by atoms with Crippen LogP contribution in [0, 0.1) is 0 Å². The van der Waals surface area contributed by atoms with Crippen LogP contribution in [0.4, 0.5) is 0 Å². The monoisotopic (exact) mass is 140 g/mol. The van der Waals surface area contributed by atoms with Gasteiger partial charge in [0.05, 0.1) is 0 Å². The van der Waals surface area contributed by atoms with Gasteiger partial charge in [0.15, 0.2) is 0 Å². The molecular formula is C4H9ClO3. The quantitative estimate of drug-likeness (QED) is 0.449. The first-order chi connectivity index (χ1) is 3.68. The Morgan fingerprint density at radius 2 is 1.88 bits per heavy atom. The molecule has 0 heterocycles. The van der Waals surface area contributed by atoms with Crippen LogP contribution in [0.25, 0.3) is 0 Å². The molecular weight excluding hydrogens is 131 g/mol. The van der Waals surface area contributed by atoms with Crippen molar-refractivity contribution in [2.45, 2.75) is 5.97 Å². The van der Waals surface area contributed by atoms with Gasteiger partial charge in [-0.05, 0) is 0 Å². The minimum absolute atomic E-state index is 0.0972. The van der Waals surface area contributed by atoms with Crippen LogP contribution in [0.1, 0.15) is 0 Å². The summed E-state index contributed by atoms with van der Waals surface area (Å²) in [5.74, 6) is -1.71. The average Bonchev–Trinajstić information content (AvgIpc) is 1.87. The Balaban J connectivity index is 3.58. The number of halogens is 1. The number of hydrogen-bond donors (Lipinski definition) is 1. The van der Waals surface area contributed by atoms with Crippen molar-refractivity contribution in [3.05, 3.63) is 0 Å². The van der Waals surface area contributed by atoms with Crippen molar-refractivity contribution in [1.29, 1.82) is 0 Å². The summed E-state index contributed by atoms with van der Waals surface area (Å²) in [7, 11) is 2.62. The van der Waals surface area contributed by atoms with Gasteiger partial charge in [-0.2, -0.15) is 0 Å². The summed E-state index contributed by atoms with van der Waals surface area (Å²) in [6, 6.07) is 0. The standard InChI is InChI=1S/C4H9ClO3/c1-7-4(6,3-5)8-2/h6H,3H2,1-2H3. The molecule has 0 amide bonds. The molecule has 0 aliphatic carbocycles. The van der Waals surface area contributed by atoms with Crippen LogP contribution in [0.5, 0.6) is 0 Å². The first-order valence-electron chi connectivity index (χ1n) is 2.07. The van der Waals surface area contributed by atoms with E-state index in [1.165, 1.54) is 14.2 Å². The van der Waals surface area contributed by atoms with Gasteiger partial charge in [-0.1, -0.05) is 0 Å². The lowest BCUT2D eigenvalue weighted by molar-refractivity contribution is -0.324. The van der Waals surface area contributed by atoms with Crippen LogP contribution in [0.3, 0.4) is 0 Å². The molecule has 0 aliphatic rings. The fraction of sp³-hybridized carbons (Fsp3) is 1.00. The molecule has 0 aliphatic heterocycles. The molecule has 8 heavy (non-hydrogen) atoms. The topological polar surface area (TPSA) is 38.7 Å². The average molecular weight is 141 g/mol. The molecule has 0 saturated carbocycles. The second kappa shape index (κ2) is 3.25. The predicted molar refractivity (Wildman–Crippen MR) is 29.7 cm³/mol. The number of hydrogen-bond acceptors (Lipinski definition) is 3. The van der Waals surface area contributed by atoms with Gasteiger partial charge in [0, 0.05) is 14.2 Å². The highest BCUT2D eigenvalue weighted by Crippen LogP contribution is 2.06. The maximum absolute atomic E-state index is 8.86. The Hall–Kier alpha value is 0.170. The minimum atomic E-state index is -1.61. The fourth-order valence-electron chi connectivity index (χ4n) is 0.192. The van der Waals surface area contributed by atoms with E-state index < -0.39 is 5.97 Å². The smallest absolute Gasteiger partial charge is 0.294 e. The number of ether oxygens (including phenoxy) is 2. The number of methoxy groups -OCH3 is 2. The molecule has 0 saturated heterocycles. The van der Waals surface area contributed by atoms with Crippen molar-refractivity contribution in [2.24, 2.45) is 0 Å². The van der Waals surface area contributed by atoms with E-state index in [9.17, 15) is 0 Å². The van der Waals surface area contributed by atoms with Crippen LogP contribution >= 0.6 is 11.6 Å². The van der Waals surface area contributed by atoms with Crippen molar-refractivity contribution in [2.75, 3.05) is 20.1 Å². The van der Waals surface area contributed by atoms with Gasteiger partial charge in [0.1, 0.15) is 5.88 Å². The summed E-state index contributed by atoms with van der Waals surface area (Å²) in [6.07, 6.45) is 0. The van der Waals surface area contributed by atoms with Crippen LogP contribution < -0.4 is 0 Å². The predicted octanol–water partition coefficient (Wildman–Crippen LogP) is 0.164. The Kier molecular flexibility index (Phi) is 3.31. The van der Waals surface area contributed by atoms with E-state index in [0.717, 1.165) is 0 Å². The highest BCUT2D eigenvalue weighted by molar-refractivity contribution is 6.18. The van der Waals surface area contributed by atoms with Gasteiger partial charge >= 0.3 is 0 Å². The Bertz CT molecular complexity index is 54.0.